The molecule has 0 heterocycles. The molecule has 0 saturated heterocycles. The largest absolute Gasteiger partial charge is 0.377 e. The Balaban J connectivity index is 2.08. The Labute approximate surface area is 127 Å². The number of carbonyl (C=O) groups excluding carboxylic acids is 1. The highest BCUT2D eigenvalue weighted by Gasteiger charge is 2.08. The molecule has 1 unspecified atom stereocenters. The van der Waals surface area contributed by atoms with E-state index < -0.39 is 0 Å². The predicted molar refractivity (Wildman–Crippen MR) is 85.1 cm³/mol. The molecule has 0 spiro atoms. The van der Waals surface area contributed by atoms with Crippen LogP contribution in [0.15, 0.2) is 40.9 Å². The Morgan fingerprint density at radius 1 is 1.25 bits per heavy atom. The van der Waals surface area contributed by atoms with E-state index in [0.717, 1.165) is 15.2 Å². The maximum Gasteiger partial charge on any atom is 0.251 e. The van der Waals surface area contributed by atoms with Gasteiger partial charge in [0, 0.05) is 23.2 Å². The van der Waals surface area contributed by atoms with Crippen LogP contribution in [0, 0.1) is 0 Å². The van der Waals surface area contributed by atoms with E-state index in [2.05, 4.69) is 21.2 Å². The molecule has 2 rings (SSSR count). The van der Waals surface area contributed by atoms with Crippen molar-refractivity contribution in [2.24, 2.45) is 0 Å². The number of nitrogens with one attached hydrogen (secondary N) is 1. The van der Waals surface area contributed by atoms with E-state index in [1.165, 1.54) is 0 Å². The van der Waals surface area contributed by atoms with Crippen LogP contribution in [0.5, 0.6) is 0 Å². The number of ether oxygens (including phenoxy) is 1. The normalized spacial score (nSPS) is 12.3. The minimum atomic E-state index is -0.0682. The Bertz CT molecular complexity index is 612. The average molecular weight is 336 g/mol. The maximum atomic E-state index is 12.1. The van der Waals surface area contributed by atoms with Gasteiger partial charge < -0.3 is 10.1 Å². The van der Waals surface area contributed by atoms with Gasteiger partial charge in [0.1, 0.15) is 0 Å². The van der Waals surface area contributed by atoms with E-state index in [0.29, 0.717) is 18.7 Å². The average Bonchev–Trinajstić information content (AvgIpc) is 2.44. The molecule has 1 amide bonds. The smallest absolute Gasteiger partial charge is 0.251 e. The molecule has 0 aliphatic rings. The first-order valence-corrected chi connectivity index (χ1v) is 7.48. The van der Waals surface area contributed by atoms with Crippen LogP contribution in [0.1, 0.15) is 24.2 Å². The number of rotatable bonds is 5. The van der Waals surface area contributed by atoms with Gasteiger partial charge in [-0.2, -0.15) is 0 Å². The Kier molecular flexibility index (Phi) is 5.15. The molecular formula is C16H18BrNO2. The van der Waals surface area contributed by atoms with Gasteiger partial charge in [0.25, 0.3) is 5.91 Å². The van der Waals surface area contributed by atoms with Crippen molar-refractivity contribution >= 4 is 32.6 Å². The zero-order chi connectivity index (χ0) is 14.5. The van der Waals surface area contributed by atoms with Crippen molar-refractivity contribution in [3.63, 3.8) is 0 Å². The number of carbonyl (C=O) groups is 1. The van der Waals surface area contributed by atoms with Gasteiger partial charge in [-0.05, 0) is 48.9 Å². The first-order valence-electron chi connectivity index (χ1n) is 6.69. The molecule has 106 valence electrons. The summed E-state index contributed by atoms with van der Waals surface area (Å²) in [6, 6.07) is 11.7. The van der Waals surface area contributed by atoms with Crippen molar-refractivity contribution in [2.45, 2.75) is 20.0 Å². The summed E-state index contributed by atoms with van der Waals surface area (Å²) in [4.78, 5) is 12.1. The summed E-state index contributed by atoms with van der Waals surface area (Å²) in [5.41, 5.74) is 0.670. The number of fused-ring (bicyclic) bond motifs is 1. The SMILES string of the molecule is CCOC(C)CNC(=O)c1ccc2cc(Br)ccc2c1. The molecule has 0 bridgehead atoms. The quantitative estimate of drug-likeness (QED) is 0.903. The lowest BCUT2D eigenvalue weighted by molar-refractivity contribution is 0.0695. The minimum Gasteiger partial charge on any atom is -0.377 e. The van der Waals surface area contributed by atoms with E-state index in [1.807, 2.05) is 50.2 Å². The number of hydrogen-bond acceptors (Lipinski definition) is 2. The molecule has 20 heavy (non-hydrogen) atoms. The summed E-state index contributed by atoms with van der Waals surface area (Å²) < 4.78 is 6.43. The van der Waals surface area contributed by atoms with Gasteiger partial charge in [0.05, 0.1) is 6.10 Å². The van der Waals surface area contributed by atoms with Gasteiger partial charge in [-0.1, -0.05) is 28.1 Å². The van der Waals surface area contributed by atoms with Gasteiger partial charge >= 0.3 is 0 Å². The maximum absolute atomic E-state index is 12.1. The third-order valence-electron chi connectivity index (χ3n) is 3.07. The van der Waals surface area contributed by atoms with Crippen molar-refractivity contribution in [3.8, 4) is 0 Å². The molecule has 0 aromatic heterocycles. The van der Waals surface area contributed by atoms with Gasteiger partial charge in [0.15, 0.2) is 0 Å². The van der Waals surface area contributed by atoms with Crippen LogP contribution in [0.4, 0.5) is 0 Å². The summed E-state index contributed by atoms with van der Waals surface area (Å²) in [5.74, 6) is -0.0682. The highest BCUT2D eigenvalue weighted by molar-refractivity contribution is 9.10. The molecule has 2 aromatic carbocycles. The second-order valence-electron chi connectivity index (χ2n) is 4.68. The molecule has 1 N–H and O–H groups in total. The highest BCUT2D eigenvalue weighted by atomic mass is 79.9. The van der Waals surface area contributed by atoms with Crippen LogP contribution in [-0.4, -0.2) is 25.2 Å². The van der Waals surface area contributed by atoms with E-state index in [9.17, 15) is 4.79 Å². The standard InChI is InChI=1S/C16H18BrNO2/c1-3-20-11(2)10-18-16(19)14-5-4-13-9-15(17)7-6-12(13)8-14/h4-9,11H,3,10H2,1-2H3,(H,18,19). The topological polar surface area (TPSA) is 38.3 Å². The Morgan fingerprint density at radius 2 is 1.95 bits per heavy atom. The third kappa shape index (κ3) is 3.81. The van der Waals surface area contributed by atoms with E-state index in [1.54, 1.807) is 0 Å². The molecule has 0 aliphatic carbocycles. The molecule has 0 fully saturated rings. The zero-order valence-corrected chi connectivity index (χ0v) is 13.2. The van der Waals surface area contributed by atoms with Crippen LogP contribution < -0.4 is 5.32 Å². The molecule has 2 aromatic rings. The summed E-state index contributed by atoms with van der Waals surface area (Å²) >= 11 is 3.44. The van der Waals surface area contributed by atoms with Crippen molar-refractivity contribution in [1.82, 2.24) is 5.32 Å². The summed E-state index contributed by atoms with van der Waals surface area (Å²) in [7, 11) is 0. The number of halogens is 1. The molecule has 1 atom stereocenters. The van der Waals surface area contributed by atoms with Crippen molar-refractivity contribution in [1.29, 1.82) is 0 Å². The molecule has 4 heteroatoms. The minimum absolute atomic E-state index is 0.0281. The fraction of sp³-hybridized carbons (Fsp3) is 0.312. The molecule has 0 aliphatic heterocycles. The van der Waals surface area contributed by atoms with Gasteiger partial charge in [-0.3, -0.25) is 4.79 Å². The Morgan fingerprint density at radius 3 is 2.70 bits per heavy atom. The fourth-order valence-electron chi connectivity index (χ4n) is 2.04. The van der Waals surface area contributed by atoms with Crippen molar-refractivity contribution in [3.05, 3.63) is 46.4 Å². The third-order valence-corrected chi connectivity index (χ3v) is 3.56. The van der Waals surface area contributed by atoms with Gasteiger partial charge in [-0.15, -0.1) is 0 Å². The predicted octanol–water partition coefficient (Wildman–Crippen LogP) is 3.76. The number of benzene rings is 2. The van der Waals surface area contributed by atoms with Crippen LogP contribution in [0.25, 0.3) is 10.8 Å². The fourth-order valence-corrected chi connectivity index (χ4v) is 2.42. The monoisotopic (exact) mass is 335 g/mol. The van der Waals surface area contributed by atoms with Crippen LogP contribution in [-0.2, 0) is 4.74 Å². The van der Waals surface area contributed by atoms with Crippen LogP contribution >= 0.6 is 15.9 Å². The molecular weight excluding hydrogens is 318 g/mol. The zero-order valence-electron chi connectivity index (χ0n) is 11.7. The number of hydrogen-bond donors (Lipinski definition) is 1. The van der Waals surface area contributed by atoms with Crippen molar-refractivity contribution < 1.29 is 9.53 Å². The summed E-state index contributed by atoms with van der Waals surface area (Å²) in [5, 5.41) is 5.05. The first kappa shape index (κ1) is 15.0. The summed E-state index contributed by atoms with van der Waals surface area (Å²) in [6.07, 6.45) is 0.0281. The second-order valence-corrected chi connectivity index (χ2v) is 5.60. The lowest BCUT2D eigenvalue weighted by Crippen LogP contribution is -2.32. The summed E-state index contributed by atoms with van der Waals surface area (Å²) in [6.45, 7) is 5.06. The first-order chi connectivity index (χ1) is 9.60. The van der Waals surface area contributed by atoms with Crippen LogP contribution in [0.3, 0.4) is 0 Å². The Hall–Kier alpha value is -1.39. The lowest BCUT2D eigenvalue weighted by atomic mass is 10.1. The number of amides is 1. The van der Waals surface area contributed by atoms with Crippen molar-refractivity contribution in [2.75, 3.05) is 13.2 Å². The van der Waals surface area contributed by atoms with E-state index in [4.69, 9.17) is 4.74 Å². The molecule has 3 nitrogen and oxygen atoms in total. The van der Waals surface area contributed by atoms with E-state index in [-0.39, 0.29) is 12.0 Å². The van der Waals surface area contributed by atoms with E-state index >= 15 is 0 Å². The molecule has 0 radical (unpaired) electrons. The second kappa shape index (κ2) is 6.86. The van der Waals surface area contributed by atoms with Crippen LogP contribution in [0.2, 0.25) is 0 Å². The van der Waals surface area contributed by atoms with Gasteiger partial charge in [-0.25, -0.2) is 0 Å². The lowest BCUT2D eigenvalue weighted by Gasteiger charge is -2.12. The highest BCUT2D eigenvalue weighted by Crippen LogP contribution is 2.20. The van der Waals surface area contributed by atoms with Gasteiger partial charge in [0.2, 0.25) is 0 Å². The molecule has 0 saturated carbocycles.